The summed E-state index contributed by atoms with van der Waals surface area (Å²) < 4.78 is 0. The van der Waals surface area contributed by atoms with E-state index in [-0.39, 0.29) is 5.91 Å². The Morgan fingerprint density at radius 1 is 1.00 bits per heavy atom. The fourth-order valence-electron chi connectivity index (χ4n) is 3.05. The first-order valence-corrected chi connectivity index (χ1v) is 9.02. The maximum atomic E-state index is 12.5. The first kappa shape index (κ1) is 17.3. The van der Waals surface area contributed by atoms with Crippen LogP contribution in [0.4, 0.5) is 5.69 Å². The molecular weight excluding hydrogens is 358 g/mol. The van der Waals surface area contributed by atoms with E-state index in [1.807, 2.05) is 62.4 Å². The SMILES string of the molecule is Cc1ccc(NC(=O)c2ccc(-c3nc4ccc(Cl)cc4[nH]3)cc2)c(C)c1. The van der Waals surface area contributed by atoms with Gasteiger partial charge in [-0.2, -0.15) is 0 Å². The number of H-pyrrole nitrogens is 1. The van der Waals surface area contributed by atoms with Crippen molar-refractivity contribution in [2.45, 2.75) is 13.8 Å². The Bertz CT molecular complexity index is 1150. The van der Waals surface area contributed by atoms with Crippen molar-refractivity contribution >= 4 is 34.2 Å². The van der Waals surface area contributed by atoms with Gasteiger partial charge in [-0.15, -0.1) is 0 Å². The maximum Gasteiger partial charge on any atom is 0.255 e. The molecule has 0 aliphatic rings. The maximum absolute atomic E-state index is 12.5. The van der Waals surface area contributed by atoms with E-state index in [2.05, 4.69) is 15.3 Å². The number of nitrogens with zero attached hydrogens (tertiary/aromatic N) is 1. The first-order valence-electron chi connectivity index (χ1n) is 8.64. The van der Waals surface area contributed by atoms with Gasteiger partial charge in [0.1, 0.15) is 5.82 Å². The molecule has 2 N–H and O–H groups in total. The number of nitrogens with one attached hydrogen (secondary N) is 2. The van der Waals surface area contributed by atoms with Crippen molar-refractivity contribution in [1.29, 1.82) is 0 Å². The zero-order valence-corrected chi connectivity index (χ0v) is 15.8. The van der Waals surface area contributed by atoms with E-state index in [0.29, 0.717) is 10.6 Å². The third-order valence-electron chi connectivity index (χ3n) is 4.49. The summed E-state index contributed by atoms with van der Waals surface area (Å²) >= 11 is 6.02. The Morgan fingerprint density at radius 2 is 1.78 bits per heavy atom. The smallest absolute Gasteiger partial charge is 0.255 e. The van der Waals surface area contributed by atoms with Crippen molar-refractivity contribution in [3.8, 4) is 11.4 Å². The van der Waals surface area contributed by atoms with Crippen molar-refractivity contribution in [1.82, 2.24) is 9.97 Å². The number of benzene rings is 3. The van der Waals surface area contributed by atoms with Gasteiger partial charge in [0.2, 0.25) is 0 Å². The molecule has 0 bridgehead atoms. The number of aromatic nitrogens is 2. The molecule has 27 heavy (non-hydrogen) atoms. The van der Waals surface area contributed by atoms with Crippen molar-refractivity contribution in [2.24, 2.45) is 0 Å². The Balaban J connectivity index is 1.56. The largest absolute Gasteiger partial charge is 0.338 e. The van der Waals surface area contributed by atoms with Crippen LogP contribution in [-0.4, -0.2) is 15.9 Å². The van der Waals surface area contributed by atoms with Gasteiger partial charge in [-0.25, -0.2) is 4.98 Å². The number of aromatic amines is 1. The number of aryl methyl sites for hydroxylation is 2. The summed E-state index contributed by atoms with van der Waals surface area (Å²) in [4.78, 5) is 20.4. The highest BCUT2D eigenvalue weighted by atomic mass is 35.5. The molecule has 5 heteroatoms. The molecule has 0 aliphatic heterocycles. The van der Waals surface area contributed by atoms with E-state index in [1.54, 1.807) is 12.1 Å². The van der Waals surface area contributed by atoms with E-state index in [1.165, 1.54) is 5.56 Å². The molecule has 1 heterocycles. The van der Waals surface area contributed by atoms with Crippen LogP contribution < -0.4 is 5.32 Å². The highest BCUT2D eigenvalue weighted by Gasteiger charge is 2.10. The number of anilines is 1. The van der Waals surface area contributed by atoms with Gasteiger partial charge in [-0.3, -0.25) is 4.79 Å². The van der Waals surface area contributed by atoms with Crippen LogP contribution in [0.25, 0.3) is 22.4 Å². The summed E-state index contributed by atoms with van der Waals surface area (Å²) in [5.74, 6) is 0.610. The van der Waals surface area contributed by atoms with E-state index < -0.39 is 0 Å². The van der Waals surface area contributed by atoms with Crippen LogP contribution in [0.1, 0.15) is 21.5 Å². The monoisotopic (exact) mass is 375 g/mol. The molecule has 134 valence electrons. The standard InChI is InChI=1S/C22H18ClN3O/c1-13-3-9-18(14(2)11-13)26-22(27)16-6-4-15(5-7-16)21-24-19-10-8-17(23)12-20(19)25-21/h3-12H,1-2H3,(H,24,25)(H,26,27). The van der Waals surface area contributed by atoms with Gasteiger partial charge in [0.05, 0.1) is 11.0 Å². The number of imidazole rings is 1. The van der Waals surface area contributed by atoms with Gasteiger partial charge >= 0.3 is 0 Å². The number of hydrogen-bond donors (Lipinski definition) is 2. The molecule has 4 rings (SSSR count). The Hall–Kier alpha value is -3.11. The lowest BCUT2D eigenvalue weighted by Crippen LogP contribution is -2.12. The van der Waals surface area contributed by atoms with Crippen molar-refractivity contribution in [2.75, 3.05) is 5.32 Å². The minimum atomic E-state index is -0.134. The molecule has 0 unspecified atom stereocenters. The predicted molar refractivity (Wildman–Crippen MR) is 110 cm³/mol. The predicted octanol–water partition coefficient (Wildman–Crippen LogP) is 5.75. The van der Waals surface area contributed by atoms with Crippen molar-refractivity contribution in [3.63, 3.8) is 0 Å². The van der Waals surface area contributed by atoms with E-state index >= 15 is 0 Å². The van der Waals surface area contributed by atoms with Gasteiger partial charge in [0, 0.05) is 21.8 Å². The summed E-state index contributed by atoms with van der Waals surface area (Å²) in [6, 6.07) is 18.9. The molecule has 0 spiro atoms. The fourth-order valence-corrected chi connectivity index (χ4v) is 3.22. The second-order valence-electron chi connectivity index (χ2n) is 6.60. The third-order valence-corrected chi connectivity index (χ3v) is 4.73. The molecule has 4 aromatic rings. The lowest BCUT2D eigenvalue weighted by molar-refractivity contribution is 0.102. The van der Waals surface area contributed by atoms with Crippen LogP contribution in [0.3, 0.4) is 0 Å². The van der Waals surface area contributed by atoms with Gasteiger partial charge < -0.3 is 10.3 Å². The molecule has 0 aliphatic carbocycles. The van der Waals surface area contributed by atoms with E-state index in [0.717, 1.165) is 33.7 Å². The molecule has 0 saturated carbocycles. The normalized spacial score (nSPS) is 10.9. The number of carbonyl (C=O) groups is 1. The van der Waals surface area contributed by atoms with Crippen LogP contribution in [0.5, 0.6) is 0 Å². The average Bonchev–Trinajstić information content (AvgIpc) is 3.07. The Kier molecular flexibility index (Phi) is 4.42. The van der Waals surface area contributed by atoms with Crippen LogP contribution >= 0.6 is 11.6 Å². The van der Waals surface area contributed by atoms with Crippen LogP contribution in [0, 0.1) is 13.8 Å². The van der Waals surface area contributed by atoms with Crippen molar-refractivity contribution < 1.29 is 4.79 Å². The number of fused-ring (bicyclic) bond motifs is 1. The summed E-state index contributed by atoms with van der Waals surface area (Å²) in [5, 5.41) is 3.63. The lowest BCUT2D eigenvalue weighted by atomic mass is 10.1. The van der Waals surface area contributed by atoms with Crippen molar-refractivity contribution in [3.05, 3.63) is 82.4 Å². The molecule has 0 fully saturated rings. The van der Waals surface area contributed by atoms with Gasteiger partial charge in [-0.05, 0) is 55.8 Å². The highest BCUT2D eigenvalue weighted by Crippen LogP contribution is 2.24. The summed E-state index contributed by atoms with van der Waals surface area (Å²) in [6.07, 6.45) is 0. The second-order valence-corrected chi connectivity index (χ2v) is 7.03. The zero-order chi connectivity index (χ0) is 19.0. The molecular formula is C22H18ClN3O. The van der Waals surface area contributed by atoms with Gasteiger partial charge in [-0.1, -0.05) is 41.4 Å². The molecule has 1 amide bonds. The lowest BCUT2D eigenvalue weighted by Gasteiger charge is -2.09. The minimum absolute atomic E-state index is 0.134. The molecule has 1 aromatic heterocycles. The highest BCUT2D eigenvalue weighted by molar-refractivity contribution is 6.31. The van der Waals surface area contributed by atoms with E-state index in [9.17, 15) is 4.79 Å². The van der Waals surface area contributed by atoms with Crippen LogP contribution in [0.2, 0.25) is 5.02 Å². The molecule has 0 saturated heterocycles. The first-order chi connectivity index (χ1) is 13.0. The quantitative estimate of drug-likeness (QED) is 0.478. The molecule has 0 atom stereocenters. The van der Waals surface area contributed by atoms with Crippen LogP contribution in [-0.2, 0) is 0 Å². The number of rotatable bonds is 3. The topological polar surface area (TPSA) is 57.8 Å². The molecule has 4 nitrogen and oxygen atoms in total. The zero-order valence-electron chi connectivity index (χ0n) is 15.0. The summed E-state index contributed by atoms with van der Waals surface area (Å²) in [5.41, 5.74) is 6.27. The number of amides is 1. The Morgan fingerprint density at radius 3 is 2.52 bits per heavy atom. The molecule has 0 radical (unpaired) electrons. The Labute approximate surface area is 162 Å². The van der Waals surface area contributed by atoms with Crippen LogP contribution in [0.15, 0.2) is 60.7 Å². The second kappa shape index (κ2) is 6.89. The van der Waals surface area contributed by atoms with E-state index in [4.69, 9.17) is 11.6 Å². The minimum Gasteiger partial charge on any atom is -0.338 e. The number of carbonyl (C=O) groups excluding carboxylic acids is 1. The fraction of sp³-hybridized carbons (Fsp3) is 0.0909. The number of halogens is 1. The summed E-state index contributed by atoms with van der Waals surface area (Å²) in [7, 11) is 0. The number of hydrogen-bond acceptors (Lipinski definition) is 2. The third kappa shape index (κ3) is 3.57. The molecule has 3 aromatic carbocycles. The summed E-state index contributed by atoms with van der Waals surface area (Å²) in [6.45, 7) is 4.02. The van der Waals surface area contributed by atoms with Gasteiger partial charge in [0.15, 0.2) is 0 Å². The average molecular weight is 376 g/mol. The van der Waals surface area contributed by atoms with Gasteiger partial charge in [0.25, 0.3) is 5.91 Å².